The van der Waals surface area contributed by atoms with Crippen LogP contribution in [0, 0.1) is 18.7 Å². The summed E-state index contributed by atoms with van der Waals surface area (Å²) in [6.45, 7) is 3.43. The number of aromatic amines is 1. The number of halogens is 3. The zero-order valence-corrected chi connectivity index (χ0v) is 19.0. The van der Waals surface area contributed by atoms with E-state index in [1.807, 2.05) is 13.8 Å². The number of carbonyl (C=O) groups is 2. The standard InChI is InChI=1S/C23H25F3N6O2/c1-4-13-7-12(9-27-23(34)19(25)26)8-15(24)18(13)32(3)21-11(2)16-17(29-10-28-16)20(30-21)31-22(33)14-5-6-14/h7-8,10,14,19H,4-6,9H2,1-3H3,(H,27,34)(H,28,29)(H,30,31,33). The number of aromatic nitrogens is 3. The summed E-state index contributed by atoms with van der Waals surface area (Å²) in [4.78, 5) is 37.1. The Hall–Kier alpha value is -3.63. The minimum atomic E-state index is -3.14. The maximum Gasteiger partial charge on any atom is 0.315 e. The van der Waals surface area contributed by atoms with E-state index in [-0.39, 0.29) is 24.1 Å². The molecule has 8 nitrogen and oxygen atoms in total. The predicted octanol–water partition coefficient (Wildman–Crippen LogP) is 3.97. The number of anilines is 3. The van der Waals surface area contributed by atoms with Crippen LogP contribution in [0.5, 0.6) is 0 Å². The second-order valence-electron chi connectivity index (χ2n) is 8.32. The van der Waals surface area contributed by atoms with Crippen LogP contribution in [-0.2, 0) is 22.6 Å². The maximum absolute atomic E-state index is 15.3. The highest BCUT2D eigenvalue weighted by molar-refractivity contribution is 6.01. The molecular weight excluding hydrogens is 449 g/mol. The molecule has 1 aliphatic carbocycles. The number of benzene rings is 1. The molecule has 1 saturated carbocycles. The Kier molecular flexibility index (Phi) is 6.45. The van der Waals surface area contributed by atoms with E-state index in [0.29, 0.717) is 45.8 Å². The molecule has 2 aromatic heterocycles. The van der Waals surface area contributed by atoms with Crippen molar-refractivity contribution in [2.45, 2.75) is 46.1 Å². The molecule has 1 aliphatic rings. The van der Waals surface area contributed by atoms with Crippen LogP contribution < -0.4 is 15.5 Å². The van der Waals surface area contributed by atoms with Crippen LogP contribution in [0.4, 0.5) is 30.5 Å². The van der Waals surface area contributed by atoms with Gasteiger partial charge < -0.3 is 20.5 Å². The number of fused-ring (bicyclic) bond motifs is 1. The minimum absolute atomic E-state index is 0.0236. The van der Waals surface area contributed by atoms with Gasteiger partial charge in [0, 0.05) is 25.1 Å². The van der Waals surface area contributed by atoms with E-state index >= 15 is 4.39 Å². The second-order valence-corrected chi connectivity index (χ2v) is 8.32. The fourth-order valence-electron chi connectivity index (χ4n) is 3.93. The van der Waals surface area contributed by atoms with Gasteiger partial charge in [-0.25, -0.2) is 14.4 Å². The third-order valence-electron chi connectivity index (χ3n) is 5.88. The van der Waals surface area contributed by atoms with Crippen LogP contribution in [0.1, 0.15) is 36.5 Å². The first-order chi connectivity index (χ1) is 16.2. The Labute approximate surface area is 194 Å². The number of hydrogen-bond acceptors (Lipinski definition) is 5. The van der Waals surface area contributed by atoms with Gasteiger partial charge in [-0.3, -0.25) is 9.59 Å². The van der Waals surface area contributed by atoms with Crippen molar-refractivity contribution < 1.29 is 22.8 Å². The zero-order valence-electron chi connectivity index (χ0n) is 19.0. The summed E-state index contributed by atoms with van der Waals surface area (Å²) in [5, 5.41) is 4.94. The van der Waals surface area contributed by atoms with E-state index in [2.05, 4.69) is 25.6 Å². The quantitative estimate of drug-likeness (QED) is 0.459. The molecule has 11 heteroatoms. The molecule has 1 aromatic carbocycles. The number of carbonyl (C=O) groups excluding carboxylic acids is 2. The molecule has 0 aliphatic heterocycles. The summed E-state index contributed by atoms with van der Waals surface area (Å²) >= 11 is 0. The highest BCUT2D eigenvalue weighted by atomic mass is 19.3. The lowest BCUT2D eigenvalue weighted by molar-refractivity contribution is -0.131. The molecule has 2 heterocycles. The van der Waals surface area contributed by atoms with E-state index in [1.165, 1.54) is 12.4 Å². The normalized spacial score (nSPS) is 13.4. The van der Waals surface area contributed by atoms with Crippen LogP contribution in [0.25, 0.3) is 11.0 Å². The number of pyridine rings is 1. The van der Waals surface area contributed by atoms with Crippen molar-refractivity contribution in [1.82, 2.24) is 20.3 Å². The van der Waals surface area contributed by atoms with Gasteiger partial charge >= 0.3 is 6.43 Å². The number of aryl methyl sites for hydroxylation is 2. The van der Waals surface area contributed by atoms with Gasteiger partial charge in [-0.15, -0.1) is 0 Å². The molecule has 3 N–H and O–H groups in total. The van der Waals surface area contributed by atoms with E-state index in [0.717, 1.165) is 12.8 Å². The van der Waals surface area contributed by atoms with E-state index in [1.54, 1.807) is 18.0 Å². The summed E-state index contributed by atoms with van der Waals surface area (Å²) in [6.07, 6.45) is 0.498. The summed E-state index contributed by atoms with van der Waals surface area (Å²) in [6, 6.07) is 2.87. The van der Waals surface area contributed by atoms with Gasteiger partial charge in [0.1, 0.15) is 17.2 Å². The van der Waals surface area contributed by atoms with Crippen molar-refractivity contribution in [2.24, 2.45) is 5.92 Å². The number of nitrogens with one attached hydrogen (secondary N) is 3. The fourth-order valence-corrected chi connectivity index (χ4v) is 3.93. The van der Waals surface area contributed by atoms with Crippen molar-refractivity contribution >= 4 is 40.2 Å². The first-order valence-corrected chi connectivity index (χ1v) is 11.0. The number of hydrogen-bond donors (Lipinski definition) is 3. The zero-order chi connectivity index (χ0) is 24.6. The number of amides is 2. The van der Waals surface area contributed by atoms with Crippen LogP contribution >= 0.6 is 0 Å². The van der Waals surface area contributed by atoms with Gasteiger partial charge in [0.15, 0.2) is 5.82 Å². The summed E-state index contributed by atoms with van der Waals surface area (Å²) in [5.74, 6) is -1.40. The molecule has 0 saturated heterocycles. The van der Waals surface area contributed by atoms with Crippen molar-refractivity contribution in [1.29, 1.82) is 0 Å². The SMILES string of the molecule is CCc1cc(CNC(=O)C(F)F)cc(F)c1N(C)c1nc(NC(=O)C2CC2)c2[nH]cnc2c1C. The lowest BCUT2D eigenvalue weighted by Crippen LogP contribution is -2.29. The highest BCUT2D eigenvalue weighted by Gasteiger charge is 2.31. The molecular formula is C23H25F3N6O2. The van der Waals surface area contributed by atoms with Crippen molar-refractivity contribution in [3.8, 4) is 0 Å². The molecule has 4 rings (SSSR count). The summed E-state index contributed by atoms with van der Waals surface area (Å²) in [5.41, 5.74) is 3.12. The topological polar surface area (TPSA) is 103 Å². The average Bonchev–Trinajstić information content (AvgIpc) is 3.54. The first-order valence-electron chi connectivity index (χ1n) is 11.0. The molecule has 1 fully saturated rings. The van der Waals surface area contributed by atoms with Crippen LogP contribution in [0.3, 0.4) is 0 Å². The summed E-state index contributed by atoms with van der Waals surface area (Å²) < 4.78 is 40.2. The number of imidazole rings is 1. The van der Waals surface area contributed by atoms with Gasteiger partial charge in [-0.05, 0) is 43.4 Å². The summed E-state index contributed by atoms with van der Waals surface area (Å²) in [7, 11) is 1.66. The van der Waals surface area contributed by atoms with Crippen molar-refractivity contribution in [3.05, 3.63) is 41.0 Å². The molecule has 0 radical (unpaired) electrons. The molecule has 180 valence electrons. The lowest BCUT2D eigenvalue weighted by atomic mass is 10.0. The number of alkyl halides is 2. The van der Waals surface area contributed by atoms with Gasteiger partial charge in [0.25, 0.3) is 5.91 Å². The Balaban J connectivity index is 1.71. The van der Waals surface area contributed by atoms with E-state index in [4.69, 9.17) is 0 Å². The Bertz CT molecular complexity index is 1260. The van der Waals surface area contributed by atoms with Gasteiger partial charge in [-0.2, -0.15) is 8.78 Å². The van der Waals surface area contributed by atoms with Crippen LogP contribution in [0.2, 0.25) is 0 Å². The third kappa shape index (κ3) is 4.55. The second kappa shape index (κ2) is 9.32. The Morgan fingerprint density at radius 1 is 1.29 bits per heavy atom. The minimum Gasteiger partial charge on any atom is -0.347 e. The Morgan fingerprint density at radius 2 is 2.03 bits per heavy atom. The predicted molar refractivity (Wildman–Crippen MR) is 122 cm³/mol. The third-order valence-corrected chi connectivity index (χ3v) is 5.88. The molecule has 0 spiro atoms. The molecule has 0 unspecified atom stereocenters. The highest BCUT2D eigenvalue weighted by Crippen LogP contribution is 2.37. The average molecular weight is 474 g/mol. The van der Waals surface area contributed by atoms with Gasteiger partial charge in [-0.1, -0.05) is 13.0 Å². The molecule has 34 heavy (non-hydrogen) atoms. The van der Waals surface area contributed by atoms with E-state index < -0.39 is 18.1 Å². The maximum atomic E-state index is 15.3. The lowest BCUT2D eigenvalue weighted by Gasteiger charge is -2.25. The van der Waals surface area contributed by atoms with E-state index in [9.17, 15) is 18.4 Å². The van der Waals surface area contributed by atoms with Crippen molar-refractivity contribution in [3.63, 3.8) is 0 Å². The van der Waals surface area contributed by atoms with Gasteiger partial charge in [0.2, 0.25) is 5.91 Å². The molecule has 0 bridgehead atoms. The number of H-pyrrole nitrogens is 1. The van der Waals surface area contributed by atoms with Crippen molar-refractivity contribution in [2.75, 3.05) is 17.3 Å². The molecule has 0 atom stereocenters. The fraction of sp³-hybridized carbons (Fsp3) is 0.391. The molecule has 3 aromatic rings. The Morgan fingerprint density at radius 3 is 2.68 bits per heavy atom. The smallest absolute Gasteiger partial charge is 0.315 e. The monoisotopic (exact) mass is 474 g/mol. The van der Waals surface area contributed by atoms with Gasteiger partial charge in [0.05, 0.1) is 17.5 Å². The largest absolute Gasteiger partial charge is 0.347 e. The van der Waals surface area contributed by atoms with Crippen LogP contribution in [0.15, 0.2) is 18.5 Å². The first kappa shape index (κ1) is 23.5. The molecule has 2 amide bonds. The number of rotatable bonds is 8. The number of nitrogens with zero attached hydrogens (tertiary/aromatic N) is 3. The van der Waals surface area contributed by atoms with Crippen LogP contribution in [-0.4, -0.2) is 40.2 Å².